The molecule has 0 amide bonds. The first kappa shape index (κ1) is 15.9. The standard InChI is InChI=1S/C17H19Cl2NO2/c18-14-6-5-13(17(19)9-14)10-20(11-15-3-1-7-21-15)12-16-4-2-8-22-16/h1,3,5-7,9,16H,2,4,8,10-12H2. The van der Waals surface area contributed by atoms with E-state index in [2.05, 4.69) is 4.90 Å². The van der Waals surface area contributed by atoms with Crippen molar-refractivity contribution < 1.29 is 9.15 Å². The molecule has 0 spiro atoms. The molecule has 118 valence electrons. The number of benzene rings is 1. The fraction of sp³-hybridized carbons (Fsp3) is 0.412. The van der Waals surface area contributed by atoms with Gasteiger partial charge in [0.05, 0.1) is 18.9 Å². The first-order chi connectivity index (χ1) is 10.7. The van der Waals surface area contributed by atoms with Crippen LogP contribution in [-0.2, 0) is 17.8 Å². The van der Waals surface area contributed by atoms with Crippen molar-refractivity contribution in [1.82, 2.24) is 4.90 Å². The zero-order valence-electron chi connectivity index (χ0n) is 12.3. The number of halogens is 2. The van der Waals surface area contributed by atoms with Gasteiger partial charge in [0.15, 0.2) is 0 Å². The summed E-state index contributed by atoms with van der Waals surface area (Å²) in [5, 5.41) is 1.36. The minimum Gasteiger partial charge on any atom is -0.468 e. The fourth-order valence-corrected chi connectivity index (χ4v) is 3.24. The molecule has 1 atom stereocenters. The molecule has 22 heavy (non-hydrogen) atoms. The van der Waals surface area contributed by atoms with Crippen molar-refractivity contribution in [2.45, 2.75) is 32.0 Å². The van der Waals surface area contributed by atoms with Gasteiger partial charge in [-0.05, 0) is 42.7 Å². The van der Waals surface area contributed by atoms with Gasteiger partial charge in [0.1, 0.15) is 5.76 Å². The largest absolute Gasteiger partial charge is 0.468 e. The van der Waals surface area contributed by atoms with Gasteiger partial charge < -0.3 is 9.15 Å². The molecule has 0 aliphatic carbocycles. The monoisotopic (exact) mass is 339 g/mol. The summed E-state index contributed by atoms with van der Waals surface area (Å²) < 4.78 is 11.2. The summed E-state index contributed by atoms with van der Waals surface area (Å²) in [6.07, 6.45) is 4.25. The van der Waals surface area contributed by atoms with E-state index in [0.29, 0.717) is 16.1 Å². The number of hydrogen-bond donors (Lipinski definition) is 0. The Morgan fingerprint density at radius 1 is 1.18 bits per heavy atom. The summed E-state index contributed by atoms with van der Waals surface area (Å²) >= 11 is 12.3. The van der Waals surface area contributed by atoms with E-state index in [9.17, 15) is 0 Å². The lowest BCUT2D eigenvalue weighted by atomic mass is 10.1. The highest BCUT2D eigenvalue weighted by molar-refractivity contribution is 6.35. The minimum absolute atomic E-state index is 0.293. The maximum atomic E-state index is 6.31. The van der Waals surface area contributed by atoms with Crippen LogP contribution in [0.25, 0.3) is 0 Å². The van der Waals surface area contributed by atoms with Gasteiger partial charge in [-0.1, -0.05) is 29.3 Å². The van der Waals surface area contributed by atoms with Gasteiger partial charge in [-0.25, -0.2) is 0 Å². The van der Waals surface area contributed by atoms with Gasteiger partial charge in [0, 0.05) is 29.7 Å². The van der Waals surface area contributed by atoms with Crippen LogP contribution in [-0.4, -0.2) is 24.2 Å². The van der Waals surface area contributed by atoms with Crippen LogP contribution >= 0.6 is 23.2 Å². The molecular formula is C17H19Cl2NO2. The van der Waals surface area contributed by atoms with Crippen molar-refractivity contribution in [3.63, 3.8) is 0 Å². The van der Waals surface area contributed by atoms with Crippen molar-refractivity contribution in [3.8, 4) is 0 Å². The molecule has 1 aliphatic heterocycles. The molecule has 1 aliphatic rings. The molecule has 0 N–H and O–H groups in total. The van der Waals surface area contributed by atoms with Gasteiger partial charge in [-0.2, -0.15) is 0 Å². The van der Waals surface area contributed by atoms with E-state index in [0.717, 1.165) is 50.4 Å². The molecule has 1 unspecified atom stereocenters. The maximum Gasteiger partial charge on any atom is 0.117 e. The molecule has 1 fully saturated rings. The predicted octanol–water partition coefficient (Wildman–Crippen LogP) is 4.77. The third kappa shape index (κ3) is 4.26. The highest BCUT2D eigenvalue weighted by Crippen LogP contribution is 2.24. The van der Waals surface area contributed by atoms with Crippen LogP contribution in [0.4, 0.5) is 0 Å². The van der Waals surface area contributed by atoms with E-state index in [1.54, 1.807) is 12.3 Å². The van der Waals surface area contributed by atoms with Crippen LogP contribution < -0.4 is 0 Å². The molecular weight excluding hydrogens is 321 g/mol. The summed E-state index contributed by atoms with van der Waals surface area (Å²) in [5.74, 6) is 0.947. The Kier molecular flexibility index (Phi) is 5.42. The van der Waals surface area contributed by atoms with Crippen LogP contribution in [0.1, 0.15) is 24.2 Å². The Morgan fingerprint density at radius 2 is 2.09 bits per heavy atom. The van der Waals surface area contributed by atoms with Gasteiger partial charge in [-0.15, -0.1) is 0 Å². The van der Waals surface area contributed by atoms with Gasteiger partial charge in [0.2, 0.25) is 0 Å². The molecule has 2 aromatic rings. The average molecular weight is 340 g/mol. The van der Waals surface area contributed by atoms with Crippen LogP contribution in [0.3, 0.4) is 0 Å². The molecule has 0 saturated carbocycles. The second kappa shape index (κ2) is 7.51. The predicted molar refractivity (Wildman–Crippen MR) is 88.3 cm³/mol. The Bertz CT molecular complexity index is 595. The zero-order chi connectivity index (χ0) is 15.4. The van der Waals surface area contributed by atoms with Gasteiger partial charge in [0.25, 0.3) is 0 Å². The Balaban J connectivity index is 1.71. The first-order valence-corrected chi connectivity index (χ1v) is 8.26. The maximum absolute atomic E-state index is 6.31. The summed E-state index contributed by atoms with van der Waals surface area (Å²) in [4.78, 5) is 2.31. The lowest BCUT2D eigenvalue weighted by Crippen LogP contribution is -2.31. The third-order valence-electron chi connectivity index (χ3n) is 3.85. The van der Waals surface area contributed by atoms with Crippen molar-refractivity contribution >= 4 is 23.2 Å². The molecule has 1 saturated heterocycles. The quantitative estimate of drug-likeness (QED) is 0.758. The molecule has 1 aromatic carbocycles. The summed E-state index contributed by atoms with van der Waals surface area (Å²) in [6.45, 7) is 3.23. The van der Waals surface area contributed by atoms with Crippen LogP contribution in [0.15, 0.2) is 41.0 Å². The number of hydrogen-bond acceptors (Lipinski definition) is 3. The van der Waals surface area contributed by atoms with E-state index in [4.69, 9.17) is 32.4 Å². The Morgan fingerprint density at radius 3 is 2.77 bits per heavy atom. The van der Waals surface area contributed by atoms with E-state index in [1.807, 2.05) is 24.3 Å². The van der Waals surface area contributed by atoms with Crippen molar-refractivity contribution in [1.29, 1.82) is 0 Å². The average Bonchev–Trinajstić information content (AvgIpc) is 3.15. The van der Waals surface area contributed by atoms with Crippen molar-refractivity contribution in [3.05, 3.63) is 58.0 Å². The third-order valence-corrected chi connectivity index (χ3v) is 4.44. The fourth-order valence-electron chi connectivity index (χ4n) is 2.78. The number of nitrogens with zero attached hydrogens (tertiary/aromatic N) is 1. The summed E-state index contributed by atoms with van der Waals surface area (Å²) in [6, 6.07) is 9.55. The van der Waals surface area contributed by atoms with Crippen LogP contribution in [0.2, 0.25) is 10.0 Å². The highest BCUT2D eigenvalue weighted by Gasteiger charge is 2.20. The summed E-state index contributed by atoms with van der Waals surface area (Å²) in [7, 11) is 0. The second-order valence-corrected chi connectivity index (χ2v) is 6.46. The molecule has 1 aromatic heterocycles. The highest BCUT2D eigenvalue weighted by atomic mass is 35.5. The smallest absolute Gasteiger partial charge is 0.117 e. The SMILES string of the molecule is Clc1ccc(CN(Cc2ccco2)CC2CCCO2)c(Cl)c1. The molecule has 3 nitrogen and oxygen atoms in total. The van der Waals surface area contributed by atoms with Crippen molar-refractivity contribution in [2.75, 3.05) is 13.2 Å². The summed E-state index contributed by atoms with van der Waals surface area (Å²) in [5.41, 5.74) is 1.07. The molecule has 0 bridgehead atoms. The minimum atomic E-state index is 0.293. The Labute approximate surface area is 140 Å². The van der Waals surface area contributed by atoms with Gasteiger partial charge in [-0.3, -0.25) is 4.90 Å². The number of ether oxygens (including phenoxy) is 1. The van der Waals surface area contributed by atoms with E-state index >= 15 is 0 Å². The normalized spacial score (nSPS) is 18.2. The van der Waals surface area contributed by atoms with Crippen LogP contribution in [0, 0.1) is 0 Å². The van der Waals surface area contributed by atoms with Crippen molar-refractivity contribution in [2.24, 2.45) is 0 Å². The molecule has 5 heteroatoms. The topological polar surface area (TPSA) is 25.6 Å². The Hall–Kier alpha value is -1.00. The molecule has 3 rings (SSSR count). The van der Waals surface area contributed by atoms with E-state index in [1.165, 1.54) is 0 Å². The van der Waals surface area contributed by atoms with Gasteiger partial charge >= 0.3 is 0 Å². The zero-order valence-corrected chi connectivity index (χ0v) is 13.8. The molecule has 0 radical (unpaired) electrons. The van der Waals surface area contributed by atoms with Crippen LogP contribution in [0.5, 0.6) is 0 Å². The van der Waals surface area contributed by atoms with E-state index < -0.39 is 0 Å². The number of furan rings is 1. The number of rotatable bonds is 6. The van der Waals surface area contributed by atoms with E-state index in [-0.39, 0.29) is 0 Å². The second-order valence-electron chi connectivity index (χ2n) is 5.62. The lowest BCUT2D eigenvalue weighted by molar-refractivity contribution is 0.0655. The first-order valence-electron chi connectivity index (χ1n) is 7.51. The lowest BCUT2D eigenvalue weighted by Gasteiger charge is -2.25. The molecule has 2 heterocycles.